The summed E-state index contributed by atoms with van der Waals surface area (Å²) in [6, 6.07) is 77.5. The molecule has 0 heterocycles. The highest BCUT2D eigenvalue weighted by Gasteiger charge is 2.37. The van der Waals surface area contributed by atoms with E-state index < -0.39 is 0 Å². The fourth-order valence-electron chi connectivity index (χ4n) is 8.88. The van der Waals surface area contributed by atoms with Crippen molar-refractivity contribution in [1.82, 2.24) is 0 Å². The van der Waals surface area contributed by atoms with Gasteiger partial charge >= 0.3 is 0 Å². The van der Waals surface area contributed by atoms with E-state index in [9.17, 15) is 0 Å². The Morgan fingerprint density at radius 3 is 1.43 bits per heavy atom. The van der Waals surface area contributed by atoms with E-state index in [0.717, 1.165) is 17.1 Å². The lowest BCUT2D eigenvalue weighted by atomic mass is 9.81. The van der Waals surface area contributed by atoms with Gasteiger partial charge in [0.2, 0.25) is 0 Å². The van der Waals surface area contributed by atoms with E-state index in [-0.39, 0.29) is 5.41 Å². The van der Waals surface area contributed by atoms with Crippen LogP contribution in [0.3, 0.4) is 0 Å². The van der Waals surface area contributed by atoms with Crippen molar-refractivity contribution < 1.29 is 0 Å². The number of hydrogen-bond acceptors (Lipinski definition) is 1. The van der Waals surface area contributed by atoms with Gasteiger partial charge in [0.15, 0.2) is 0 Å². The fourth-order valence-corrected chi connectivity index (χ4v) is 8.88. The van der Waals surface area contributed by atoms with E-state index in [1.54, 1.807) is 0 Å². The van der Waals surface area contributed by atoms with Crippen LogP contribution >= 0.6 is 0 Å². The molecule has 1 aliphatic carbocycles. The Kier molecular flexibility index (Phi) is 8.23. The Bertz CT molecular complexity index is 2850. The summed E-state index contributed by atoms with van der Waals surface area (Å²) >= 11 is 0. The number of hydrogen-bond donors (Lipinski definition) is 0. The maximum absolute atomic E-state index is 2.43. The summed E-state index contributed by atoms with van der Waals surface area (Å²) in [5, 5.41) is 2.49. The number of benzene rings is 9. The second-order valence-electron chi connectivity index (χ2n) is 15.3. The molecule has 0 amide bonds. The van der Waals surface area contributed by atoms with E-state index in [4.69, 9.17) is 0 Å². The van der Waals surface area contributed by atoms with Crippen LogP contribution in [0, 0.1) is 0 Å². The molecule has 1 heteroatoms. The minimum atomic E-state index is -0.186. The minimum Gasteiger partial charge on any atom is -0.310 e. The summed E-state index contributed by atoms with van der Waals surface area (Å²) in [6.07, 6.45) is 0. The quantitative estimate of drug-likeness (QED) is 0.159. The zero-order chi connectivity index (χ0) is 37.6. The number of rotatable bonds is 7. The van der Waals surface area contributed by atoms with Gasteiger partial charge in [0, 0.05) is 22.5 Å². The van der Waals surface area contributed by atoms with Crippen molar-refractivity contribution in [2.45, 2.75) is 19.3 Å². The molecule has 0 saturated carbocycles. The normalized spacial score (nSPS) is 12.6. The number of para-hydroxylation sites is 1. The highest BCUT2D eigenvalue weighted by molar-refractivity contribution is 5.99. The molecule has 0 atom stereocenters. The summed E-state index contributed by atoms with van der Waals surface area (Å²) in [5.74, 6) is 0. The van der Waals surface area contributed by atoms with Gasteiger partial charge in [0.25, 0.3) is 0 Å². The second kappa shape index (κ2) is 13.7. The fraction of sp³-hybridized carbons (Fsp3) is 0.0545. The molecule has 0 radical (unpaired) electrons. The second-order valence-corrected chi connectivity index (χ2v) is 15.3. The van der Waals surface area contributed by atoms with Crippen molar-refractivity contribution in [1.29, 1.82) is 0 Å². The third-order valence-corrected chi connectivity index (χ3v) is 11.7. The van der Waals surface area contributed by atoms with Gasteiger partial charge in [-0.25, -0.2) is 0 Å². The average Bonchev–Trinajstić information content (AvgIpc) is 3.50. The van der Waals surface area contributed by atoms with E-state index in [2.05, 4.69) is 231 Å². The monoisotopic (exact) mass is 715 g/mol. The van der Waals surface area contributed by atoms with Crippen LogP contribution in [0.1, 0.15) is 25.0 Å². The lowest BCUT2D eigenvalue weighted by molar-refractivity contribution is 0.660. The van der Waals surface area contributed by atoms with E-state index in [1.807, 2.05) is 0 Å². The van der Waals surface area contributed by atoms with Gasteiger partial charge < -0.3 is 4.90 Å². The molecule has 9 aromatic rings. The Hall–Kier alpha value is -6.96. The van der Waals surface area contributed by atoms with Crippen molar-refractivity contribution >= 4 is 27.8 Å². The van der Waals surface area contributed by atoms with Crippen LogP contribution < -0.4 is 4.90 Å². The standard InChI is InChI=1S/C55H41N/c1-55(2)52-28-16-27-48(47-26-15-14-25-46(47)38-17-6-3-7-18-38)54(52)49-34-33-45(37-53(49)55)56(43-23-10-5-11-24-43)44-31-29-40(30-32-44)51-36-42-22-13-12-21-41(42)35-50(51)39-19-8-4-9-20-39/h3-37H,1-2H3. The molecule has 0 bridgehead atoms. The topological polar surface area (TPSA) is 3.24 Å². The van der Waals surface area contributed by atoms with Gasteiger partial charge in [-0.1, -0.05) is 178 Å². The SMILES string of the molecule is CC1(C)c2cc(N(c3ccccc3)c3ccc(-c4cc5ccccc5cc4-c4ccccc4)cc3)ccc2-c2c(-c3ccccc3-c3ccccc3)cccc21. The molecule has 10 rings (SSSR count). The molecule has 0 fully saturated rings. The van der Waals surface area contributed by atoms with Crippen LogP contribution in [0.2, 0.25) is 0 Å². The van der Waals surface area contributed by atoms with Crippen LogP contribution in [0.5, 0.6) is 0 Å². The lowest BCUT2D eigenvalue weighted by Gasteiger charge is -2.28. The molecule has 1 nitrogen and oxygen atoms in total. The van der Waals surface area contributed by atoms with Crippen molar-refractivity contribution in [3.63, 3.8) is 0 Å². The van der Waals surface area contributed by atoms with Crippen LogP contribution in [0.15, 0.2) is 212 Å². The molecule has 0 aromatic heterocycles. The van der Waals surface area contributed by atoms with Crippen molar-refractivity contribution in [3.05, 3.63) is 223 Å². The van der Waals surface area contributed by atoms with Gasteiger partial charge in [0.05, 0.1) is 0 Å². The van der Waals surface area contributed by atoms with Crippen LogP contribution in [-0.2, 0) is 5.41 Å². The smallest absolute Gasteiger partial charge is 0.0465 e. The highest BCUT2D eigenvalue weighted by atomic mass is 15.1. The lowest BCUT2D eigenvalue weighted by Crippen LogP contribution is -2.16. The molecule has 0 N–H and O–H groups in total. The van der Waals surface area contributed by atoms with Crippen molar-refractivity contribution in [3.8, 4) is 55.6 Å². The summed E-state index contributed by atoms with van der Waals surface area (Å²) in [6.45, 7) is 4.76. The first-order valence-corrected chi connectivity index (χ1v) is 19.5. The third-order valence-electron chi connectivity index (χ3n) is 11.7. The zero-order valence-corrected chi connectivity index (χ0v) is 31.7. The predicted molar refractivity (Wildman–Crippen MR) is 238 cm³/mol. The van der Waals surface area contributed by atoms with Crippen LogP contribution in [0.4, 0.5) is 17.1 Å². The minimum absolute atomic E-state index is 0.186. The van der Waals surface area contributed by atoms with Gasteiger partial charge in [-0.05, 0) is 126 Å². The largest absolute Gasteiger partial charge is 0.310 e. The maximum atomic E-state index is 2.43. The number of fused-ring (bicyclic) bond motifs is 4. The molecule has 9 aromatic carbocycles. The van der Waals surface area contributed by atoms with Gasteiger partial charge in [-0.15, -0.1) is 0 Å². The number of nitrogens with zero attached hydrogens (tertiary/aromatic N) is 1. The number of anilines is 3. The molecule has 0 unspecified atom stereocenters. The summed E-state index contributed by atoms with van der Waals surface area (Å²) in [7, 11) is 0. The molecule has 266 valence electrons. The van der Waals surface area contributed by atoms with Crippen LogP contribution in [-0.4, -0.2) is 0 Å². The Morgan fingerprint density at radius 2 is 0.786 bits per heavy atom. The van der Waals surface area contributed by atoms with Gasteiger partial charge in [-0.3, -0.25) is 0 Å². The summed E-state index contributed by atoms with van der Waals surface area (Å²) < 4.78 is 0. The first-order valence-electron chi connectivity index (χ1n) is 19.5. The molecular formula is C55H41N. The molecule has 56 heavy (non-hydrogen) atoms. The van der Waals surface area contributed by atoms with Gasteiger partial charge in [0.1, 0.15) is 0 Å². The summed E-state index contributed by atoms with van der Waals surface area (Å²) in [4.78, 5) is 2.40. The Labute approximate surface area is 329 Å². The highest BCUT2D eigenvalue weighted by Crippen LogP contribution is 2.54. The molecule has 0 saturated heterocycles. The third kappa shape index (κ3) is 5.72. The van der Waals surface area contributed by atoms with E-state index >= 15 is 0 Å². The first-order chi connectivity index (χ1) is 27.5. The van der Waals surface area contributed by atoms with E-state index in [1.165, 1.54) is 77.5 Å². The van der Waals surface area contributed by atoms with Crippen molar-refractivity contribution in [2.24, 2.45) is 0 Å². The Morgan fingerprint density at radius 1 is 0.304 bits per heavy atom. The zero-order valence-electron chi connectivity index (χ0n) is 31.7. The predicted octanol–water partition coefficient (Wildman–Crippen LogP) is 15.3. The van der Waals surface area contributed by atoms with Crippen LogP contribution in [0.25, 0.3) is 66.4 Å². The van der Waals surface area contributed by atoms with E-state index in [0.29, 0.717) is 0 Å². The summed E-state index contributed by atoms with van der Waals surface area (Å²) in [5.41, 5.74) is 18.5. The average molecular weight is 716 g/mol. The van der Waals surface area contributed by atoms with Gasteiger partial charge in [-0.2, -0.15) is 0 Å². The first kappa shape index (κ1) is 33.6. The maximum Gasteiger partial charge on any atom is 0.0465 e. The Balaban J connectivity index is 1.09. The molecule has 1 aliphatic rings. The molecular weight excluding hydrogens is 675 g/mol. The molecule has 0 spiro atoms. The van der Waals surface area contributed by atoms with Crippen molar-refractivity contribution in [2.75, 3.05) is 4.90 Å². The molecule has 0 aliphatic heterocycles.